The molecule has 3 rings (SSSR count). The Bertz CT molecular complexity index is 521. The van der Waals surface area contributed by atoms with Crippen molar-refractivity contribution in [2.24, 2.45) is 0 Å². The van der Waals surface area contributed by atoms with Gasteiger partial charge < -0.3 is 20.4 Å². The molecular weight excluding hydrogens is 290 g/mol. The predicted molar refractivity (Wildman–Crippen MR) is 91.4 cm³/mol. The van der Waals surface area contributed by atoms with Gasteiger partial charge in [-0.25, -0.2) is 4.98 Å². The summed E-state index contributed by atoms with van der Waals surface area (Å²) in [6.45, 7) is 5.66. The van der Waals surface area contributed by atoms with Gasteiger partial charge in [0.2, 0.25) is 5.91 Å². The van der Waals surface area contributed by atoms with Gasteiger partial charge in [-0.3, -0.25) is 4.79 Å². The third kappa shape index (κ3) is 4.42. The highest BCUT2D eigenvalue weighted by molar-refractivity contribution is 5.81. The zero-order valence-corrected chi connectivity index (χ0v) is 13.9. The van der Waals surface area contributed by atoms with Gasteiger partial charge in [-0.15, -0.1) is 0 Å². The molecule has 0 spiro atoms. The number of carbonyl (C=O) groups is 1. The molecule has 1 atom stereocenters. The van der Waals surface area contributed by atoms with Crippen molar-refractivity contribution in [3.8, 4) is 0 Å². The number of aromatic nitrogens is 1. The molecule has 2 saturated heterocycles. The molecule has 0 bridgehead atoms. The Morgan fingerprint density at radius 3 is 2.91 bits per heavy atom. The lowest BCUT2D eigenvalue weighted by molar-refractivity contribution is -0.123. The summed E-state index contributed by atoms with van der Waals surface area (Å²) in [5, 5.41) is 6.33. The van der Waals surface area contributed by atoms with Crippen LogP contribution in [0.3, 0.4) is 0 Å². The largest absolute Gasteiger partial charge is 0.354 e. The lowest BCUT2D eigenvalue weighted by Crippen LogP contribution is -2.46. The van der Waals surface area contributed by atoms with Crippen molar-refractivity contribution in [1.82, 2.24) is 20.5 Å². The smallest absolute Gasteiger partial charge is 0.237 e. The molecule has 0 aliphatic carbocycles. The van der Waals surface area contributed by atoms with Crippen LogP contribution in [0, 0.1) is 0 Å². The van der Waals surface area contributed by atoms with E-state index >= 15 is 0 Å². The molecule has 2 aliphatic heterocycles. The fourth-order valence-corrected chi connectivity index (χ4v) is 3.17. The number of rotatable bonds is 4. The van der Waals surface area contributed by atoms with E-state index < -0.39 is 0 Å². The molecule has 1 unspecified atom stereocenters. The monoisotopic (exact) mass is 317 g/mol. The summed E-state index contributed by atoms with van der Waals surface area (Å²) in [6, 6.07) is 4.05. The van der Waals surface area contributed by atoms with Crippen molar-refractivity contribution in [2.75, 3.05) is 44.7 Å². The summed E-state index contributed by atoms with van der Waals surface area (Å²) in [5.41, 5.74) is 1.11. The van der Waals surface area contributed by atoms with E-state index in [9.17, 15) is 4.79 Å². The van der Waals surface area contributed by atoms with Crippen molar-refractivity contribution in [2.45, 2.75) is 31.8 Å². The van der Waals surface area contributed by atoms with Crippen LogP contribution in [-0.4, -0.2) is 61.6 Å². The lowest BCUT2D eigenvalue weighted by Gasteiger charge is -2.33. The Morgan fingerprint density at radius 2 is 2.17 bits per heavy atom. The molecule has 2 N–H and O–H groups in total. The van der Waals surface area contributed by atoms with Crippen LogP contribution < -0.4 is 15.5 Å². The maximum Gasteiger partial charge on any atom is 0.237 e. The zero-order valence-electron chi connectivity index (χ0n) is 13.9. The third-order valence-electron chi connectivity index (χ3n) is 4.73. The quantitative estimate of drug-likeness (QED) is 0.851. The Labute approximate surface area is 138 Å². The second kappa shape index (κ2) is 7.75. The van der Waals surface area contributed by atoms with Gasteiger partial charge in [0, 0.05) is 38.9 Å². The fraction of sp³-hybridized carbons (Fsp3) is 0.647. The molecule has 1 aromatic heterocycles. The highest BCUT2D eigenvalue weighted by atomic mass is 16.2. The number of nitrogens with one attached hydrogen (secondary N) is 2. The van der Waals surface area contributed by atoms with Crippen LogP contribution in [-0.2, 0) is 11.3 Å². The van der Waals surface area contributed by atoms with Crippen LogP contribution in [0.1, 0.15) is 24.8 Å². The zero-order chi connectivity index (χ0) is 16.1. The van der Waals surface area contributed by atoms with E-state index in [-0.39, 0.29) is 11.9 Å². The summed E-state index contributed by atoms with van der Waals surface area (Å²) in [7, 11) is 2.15. The summed E-state index contributed by atoms with van der Waals surface area (Å²) in [4.78, 5) is 21.3. The first-order valence-electron chi connectivity index (χ1n) is 8.62. The summed E-state index contributed by atoms with van der Waals surface area (Å²) in [5.74, 6) is 1.13. The Balaban J connectivity index is 1.54. The van der Waals surface area contributed by atoms with Crippen LogP contribution in [0.5, 0.6) is 0 Å². The number of hydrogen-bond acceptors (Lipinski definition) is 5. The van der Waals surface area contributed by atoms with Gasteiger partial charge in [0.25, 0.3) is 0 Å². The molecule has 0 radical (unpaired) electrons. The van der Waals surface area contributed by atoms with Crippen molar-refractivity contribution in [1.29, 1.82) is 0 Å². The van der Waals surface area contributed by atoms with Gasteiger partial charge in [0.05, 0.1) is 6.04 Å². The number of likely N-dealkylation sites (N-methyl/N-ethyl adjacent to an activating group) is 1. The van der Waals surface area contributed by atoms with E-state index in [1.807, 2.05) is 12.3 Å². The molecule has 2 aliphatic rings. The molecule has 23 heavy (non-hydrogen) atoms. The summed E-state index contributed by atoms with van der Waals surface area (Å²) in [6.07, 6.45) is 5.08. The number of hydrogen-bond donors (Lipinski definition) is 2. The second-order valence-corrected chi connectivity index (χ2v) is 6.53. The van der Waals surface area contributed by atoms with E-state index in [1.54, 1.807) is 0 Å². The Hall–Kier alpha value is -1.66. The fourth-order valence-electron chi connectivity index (χ4n) is 3.17. The number of piperazine rings is 1. The molecule has 1 aromatic rings. The summed E-state index contributed by atoms with van der Waals surface area (Å²) >= 11 is 0. The van der Waals surface area contributed by atoms with Gasteiger partial charge in [-0.1, -0.05) is 6.42 Å². The van der Waals surface area contributed by atoms with Gasteiger partial charge in [-0.05, 0) is 44.1 Å². The van der Waals surface area contributed by atoms with Crippen molar-refractivity contribution in [3.63, 3.8) is 0 Å². The van der Waals surface area contributed by atoms with Crippen molar-refractivity contribution < 1.29 is 4.79 Å². The molecular formula is C17H27N5O. The van der Waals surface area contributed by atoms with Gasteiger partial charge in [0.1, 0.15) is 5.82 Å². The molecule has 6 nitrogen and oxygen atoms in total. The topological polar surface area (TPSA) is 60.5 Å². The predicted octanol–water partition coefficient (Wildman–Crippen LogP) is 0.592. The van der Waals surface area contributed by atoms with E-state index in [0.29, 0.717) is 6.54 Å². The van der Waals surface area contributed by atoms with E-state index in [0.717, 1.165) is 56.9 Å². The lowest BCUT2D eigenvalue weighted by atomic mass is 10.0. The van der Waals surface area contributed by atoms with E-state index in [1.165, 1.54) is 6.42 Å². The van der Waals surface area contributed by atoms with Crippen molar-refractivity contribution in [3.05, 3.63) is 23.9 Å². The van der Waals surface area contributed by atoms with Crippen LogP contribution in [0.4, 0.5) is 5.82 Å². The summed E-state index contributed by atoms with van der Waals surface area (Å²) < 4.78 is 0. The van der Waals surface area contributed by atoms with Crippen LogP contribution in [0.25, 0.3) is 0 Å². The minimum absolute atomic E-state index is 0.0253. The molecule has 0 aromatic carbocycles. The third-order valence-corrected chi connectivity index (χ3v) is 4.73. The van der Waals surface area contributed by atoms with Crippen LogP contribution in [0.2, 0.25) is 0 Å². The van der Waals surface area contributed by atoms with E-state index in [4.69, 9.17) is 0 Å². The standard InChI is InChI=1S/C17H27N5O/c1-21-8-10-22(11-9-21)16-12-14(5-7-19-16)13-20-17(23)15-4-2-3-6-18-15/h5,7,12,15,18H,2-4,6,8-11,13H2,1H3,(H,20,23). The number of piperidine rings is 1. The molecule has 126 valence electrons. The molecule has 2 fully saturated rings. The Morgan fingerprint density at radius 1 is 1.35 bits per heavy atom. The minimum atomic E-state index is -0.0253. The Kier molecular flexibility index (Phi) is 5.46. The maximum atomic E-state index is 12.2. The SMILES string of the molecule is CN1CCN(c2cc(CNC(=O)C3CCCCN3)ccn2)CC1. The van der Waals surface area contributed by atoms with Gasteiger partial charge in [-0.2, -0.15) is 0 Å². The maximum absolute atomic E-state index is 12.2. The molecule has 1 amide bonds. The number of anilines is 1. The van der Waals surface area contributed by atoms with Gasteiger partial charge >= 0.3 is 0 Å². The molecule has 3 heterocycles. The molecule has 6 heteroatoms. The number of amides is 1. The highest BCUT2D eigenvalue weighted by Gasteiger charge is 2.20. The van der Waals surface area contributed by atoms with Crippen LogP contribution >= 0.6 is 0 Å². The number of nitrogens with zero attached hydrogens (tertiary/aromatic N) is 3. The average Bonchev–Trinajstić information content (AvgIpc) is 2.61. The van der Waals surface area contributed by atoms with Crippen LogP contribution in [0.15, 0.2) is 18.3 Å². The van der Waals surface area contributed by atoms with Gasteiger partial charge in [0.15, 0.2) is 0 Å². The minimum Gasteiger partial charge on any atom is -0.354 e. The first kappa shape index (κ1) is 16.2. The second-order valence-electron chi connectivity index (χ2n) is 6.53. The average molecular weight is 317 g/mol. The first-order chi connectivity index (χ1) is 11.2. The first-order valence-corrected chi connectivity index (χ1v) is 8.62. The highest BCUT2D eigenvalue weighted by Crippen LogP contribution is 2.15. The number of pyridine rings is 1. The van der Waals surface area contributed by atoms with E-state index in [2.05, 4.69) is 38.5 Å². The molecule has 0 saturated carbocycles. The number of carbonyl (C=O) groups excluding carboxylic acids is 1. The van der Waals surface area contributed by atoms with Crippen molar-refractivity contribution >= 4 is 11.7 Å². The normalized spacial score (nSPS) is 22.8.